The molecule has 132 valence electrons. The quantitative estimate of drug-likeness (QED) is 0.847. The number of rotatable bonds is 4. The molecule has 0 aromatic carbocycles. The lowest BCUT2D eigenvalue weighted by atomic mass is 9.78. The molecule has 3 heterocycles. The molecule has 24 heavy (non-hydrogen) atoms. The first kappa shape index (κ1) is 16.1. The van der Waals surface area contributed by atoms with E-state index in [-0.39, 0.29) is 11.5 Å². The number of carbonyl (C=O) groups is 1. The third kappa shape index (κ3) is 3.34. The molecule has 2 saturated heterocycles. The molecule has 6 nitrogen and oxygen atoms in total. The van der Waals surface area contributed by atoms with Gasteiger partial charge in [-0.15, -0.1) is 0 Å². The minimum atomic E-state index is -0.0488. The molecule has 2 aliphatic heterocycles. The predicted octanol–water partition coefficient (Wildman–Crippen LogP) is 2.69. The van der Waals surface area contributed by atoms with Crippen LogP contribution in [-0.2, 0) is 16.0 Å². The van der Waals surface area contributed by atoms with Crippen molar-refractivity contribution >= 4 is 5.91 Å². The van der Waals surface area contributed by atoms with Gasteiger partial charge >= 0.3 is 0 Å². The van der Waals surface area contributed by atoms with E-state index in [0.717, 1.165) is 63.5 Å². The fourth-order valence-corrected chi connectivity index (χ4v) is 4.14. The minimum absolute atomic E-state index is 0.0488. The van der Waals surface area contributed by atoms with E-state index in [0.29, 0.717) is 18.3 Å². The number of aromatic nitrogens is 2. The highest BCUT2D eigenvalue weighted by Crippen LogP contribution is 2.40. The number of hydrogen-bond acceptors (Lipinski definition) is 5. The summed E-state index contributed by atoms with van der Waals surface area (Å²) in [5.74, 6) is 3.04. The topological polar surface area (TPSA) is 68.5 Å². The number of nitrogens with zero attached hydrogens (tertiary/aromatic N) is 3. The van der Waals surface area contributed by atoms with Gasteiger partial charge in [-0.3, -0.25) is 4.79 Å². The monoisotopic (exact) mass is 333 g/mol. The summed E-state index contributed by atoms with van der Waals surface area (Å²) in [6.07, 6.45) is 7.86. The molecule has 1 atom stereocenters. The standard InChI is InChI=1S/C18H27N3O3/c1-2-16(22)21-8-6-18(7-9-21)12-13(5-10-23-18)11-15-19-17(20-24-15)14-3-4-14/h13-14H,2-12H2,1H3. The molecule has 1 spiro atoms. The van der Waals surface area contributed by atoms with Gasteiger partial charge in [-0.1, -0.05) is 12.1 Å². The summed E-state index contributed by atoms with van der Waals surface area (Å²) in [5, 5.41) is 4.12. The van der Waals surface area contributed by atoms with Crippen LogP contribution in [0.1, 0.15) is 69.5 Å². The van der Waals surface area contributed by atoms with E-state index < -0.39 is 0 Å². The fraction of sp³-hybridized carbons (Fsp3) is 0.833. The van der Waals surface area contributed by atoms with Crippen molar-refractivity contribution in [3.63, 3.8) is 0 Å². The fourth-order valence-electron chi connectivity index (χ4n) is 4.14. The SMILES string of the molecule is CCC(=O)N1CCC2(CC1)CC(Cc1nc(C3CC3)no1)CCO2. The molecular weight excluding hydrogens is 306 g/mol. The number of ether oxygens (including phenoxy) is 1. The second kappa shape index (κ2) is 6.47. The molecule has 4 rings (SSSR count). The van der Waals surface area contributed by atoms with E-state index in [4.69, 9.17) is 9.26 Å². The first-order valence-corrected chi connectivity index (χ1v) is 9.42. The lowest BCUT2D eigenvalue weighted by molar-refractivity contribution is -0.147. The van der Waals surface area contributed by atoms with E-state index in [2.05, 4.69) is 10.1 Å². The van der Waals surface area contributed by atoms with Gasteiger partial charge in [0.25, 0.3) is 0 Å². The van der Waals surface area contributed by atoms with Gasteiger partial charge in [-0.25, -0.2) is 0 Å². The summed E-state index contributed by atoms with van der Waals surface area (Å²) in [6.45, 7) is 4.38. The lowest BCUT2D eigenvalue weighted by Crippen LogP contribution is -2.50. The zero-order chi connectivity index (χ0) is 16.6. The molecule has 0 N–H and O–H groups in total. The largest absolute Gasteiger partial charge is 0.375 e. The second-order valence-electron chi connectivity index (χ2n) is 7.65. The Morgan fingerprint density at radius 1 is 1.29 bits per heavy atom. The van der Waals surface area contributed by atoms with Gasteiger partial charge in [0.1, 0.15) is 0 Å². The van der Waals surface area contributed by atoms with Crippen LogP contribution in [-0.4, -0.2) is 46.2 Å². The van der Waals surface area contributed by atoms with Gasteiger partial charge in [0.2, 0.25) is 11.8 Å². The van der Waals surface area contributed by atoms with Crippen molar-refractivity contribution in [1.29, 1.82) is 0 Å². The molecule has 0 bridgehead atoms. The molecule has 6 heteroatoms. The maximum Gasteiger partial charge on any atom is 0.226 e. The smallest absolute Gasteiger partial charge is 0.226 e. The minimum Gasteiger partial charge on any atom is -0.375 e. The van der Waals surface area contributed by atoms with Crippen LogP contribution in [0.5, 0.6) is 0 Å². The van der Waals surface area contributed by atoms with Crippen molar-refractivity contribution < 1.29 is 14.1 Å². The molecule has 0 radical (unpaired) electrons. The van der Waals surface area contributed by atoms with Crippen molar-refractivity contribution in [2.75, 3.05) is 19.7 Å². The first-order chi connectivity index (χ1) is 11.7. The average Bonchev–Trinajstić information content (AvgIpc) is 3.35. The van der Waals surface area contributed by atoms with Crippen molar-refractivity contribution in [1.82, 2.24) is 15.0 Å². The van der Waals surface area contributed by atoms with Crippen molar-refractivity contribution in [2.45, 2.75) is 69.8 Å². The van der Waals surface area contributed by atoms with E-state index in [1.54, 1.807) is 0 Å². The van der Waals surface area contributed by atoms with E-state index >= 15 is 0 Å². The number of likely N-dealkylation sites (tertiary alicyclic amines) is 1. The average molecular weight is 333 g/mol. The molecule has 1 aliphatic carbocycles. The van der Waals surface area contributed by atoms with E-state index in [9.17, 15) is 4.79 Å². The summed E-state index contributed by atoms with van der Waals surface area (Å²) in [5.41, 5.74) is -0.0488. The van der Waals surface area contributed by atoms with Gasteiger partial charge in [-0.05, 0) is 44.4 Å². The zero-order valence-corrected chi connectivity index (χ0v) is 14.5. The van der Waals surface area contributed by atoms with Gasteiger partial charge in [0.15, 0.2) is 5.82 Å². The highest BCUT2D eigenvalue weighted by atomic mass is 16.5. The Morgan fingerprint density at radius 3 is 2.79 bits per heavy atom. The summed E-state index contributed by atoms with van der Waals surface area (Å²) in [6, 6.07) is 0. The summed E-state index contributed by atoms with van der Waals surface area (Å²) in [4.78, 5) is 18.4. The van der Waals surface area contributed by atoms with Gasteiger partial charge < -0.3 is 14.2 Å². The number of piperidine rings is 1. The van der Waals surface area contributed by atoms with Crippen LogP contribution < -0.4 is 0 Å². The first-order valence-electron chi connectivity index (χ1n) is 9.42. The van der Waals surface area contributed by atoms with Crippen molar-refractivity contribution in [3.05, 3.63) is 11.7 Å². The third-order valence-corrected chi connectivity index (χ3v) is 5.81. The van der Waals surface area contributed by atoms with Crippen molar-refractivity contribution in [3.8, 4) is 0 Å². The number of hydrogen-bond donors (Lipinski definition) is 0. The Kier molecular flexibility index (Phi) is 4.33. The number of carbonyl (C=O) groups excluding carboxylic acids is 1. The highest BCUT2D eigenvalue weighted by molar-refractivity contribution is 5.75. The van der Waals surface area contributed by atoms with Gasteiger partial charge in [0, 0.05) is 38.5 Å². The Labute approximate surface area is 142 Å². The summed E-state index contributed by atoms with van der Waals surface area (Å²) >= 11 is 0. The van der Waals surface area contributed by atoms with Crippen LogP contribution in [0, 0.1) is 5.92 Å². The zero-order valence-electron chi connectivity index (χ0n) is 14.5. The van der Waals surface area contributed by atoms with Crippen LogP contribution >= 0.6 is 0 Å². The van der Waals surface area contributed by atoms with Crippen LogP contribution in [0.15, 0.2) is 4.52 Å². The Hall–Kier alpha value is -1.43. The molecule has 1 saturated carbocycles. The summed E-state index contributed by atoms with van der Waals surface area (Å²) < 4.78 is 11.6. The Balaban J connectivity index is 1.34. The van der Waals surface area contributed by atoms with Gasteiger partial charge in [0.05, 0.1) is 5.60 Å². The Morgan fingerprint density at radius 2 is 2.08 bits per heavy atom. The van der Waals surface area contributed by atoms with Crippen LogP contribution in [0.4, 0.5) is 0 Å². The molecule has 1 amide bonds. The molecular formula is C18H27N3O3. The maximum absolute atomic E-state index is 11.9. The molecule has 1 unspecified atom stereocenters. The molecule has 3 fully saturated rings. The molecule has 1 aromatic heterocycles. The van der Waals surface area contributed by atoms with Crippen LogP contribution in [0.2, 0.25) is 0 Å². The normalized spacial score (nSPS) is 26.7. The van der Waals surface area contributed by atoms with Crippen LogP contribution in [0.25, 0.3) is 0 Å². The van der Waals surface area contributed by atoms with E-state index in [1.165, 1.54) is 12.8 Å². The third-order valence-electron chi connectivity index (χ3n) is 5.81. The number of amides is 1. The van der Waals surface area contributed by atoms with E-state index in [1.807, 2.05) is 11.8 Å². The van der Waals surface area contributed by atoms with Crippen LogP contribution in [0.3, 0.4) is 0 Å². The lowest BCUT2D eigenvalue weighted by Gasteiger charge is -2.46. The maximum atomic E-state index is 11.9. The second-order valence-corrected chi connectivity index (χ2v) is 7.65. The van der Waals surface area contributed by atoms with Crippen molar-refractivity contribution in [2.24, 2.45) is 5.92 Å². The highest BCUT2D eigenvalue weighted by Gasteiger charge is 2.41. The summed E-state index contributed by atoms with van der Waals surface area (Å²) in [7, 11) is 0. The predicted molar refractivity (Wildman–Crippen MR) is 87.5 cm³/mol. The molecule has 1 aromatic rings. The molecule has 3 aliphatic rings. The van der Waals surface area contributed by atoms with Gasteiger partial charge in [-0.2, -0.15) is 4.98 Å². The Bertz CT molecular complexity index is 588.